The molecule has 0 aliphatic rings. The van der Waals surface area contributed by atoms with Gasteiger partial charge in [-0.2, -0.15) is 0 Å². The van der Waals surface area contributed by atoms with Gasteiger partial charge in [0.15, 0.2) is 5.78 Å². The summed E-state index contributed by atoms with van der Waals surface area (Å²) in [6.45, 7) is 1.99. The number of rotatable bonds is 3. The Hall–Kier alpha value is -1.06. The third kappa shape index (κ3) is 2.06. The van der Waals surface area contributed by atoms with Crippen molar-refractivity contribution in [2.24, 2.45) is 0 Å². The number of aryl methyl sites for hydroxylation is 1. The molecule has 0 N–H and O–H groups in total. The first-order valence-corrected chi connectivity index (χ1v) is 7.06. The van der Waals surface area contributed by atoms with Gasteiger partial charge in [-0.1, -0.05) is 12.1 Å². The summed E-state index contributed by atoms with van der Waals surface area (Å²) in [6, 6.07) is 9.65. The Bertz CT molecular complexity index is 514. The van der Waals surface area contributed by atoms with Crippen molar-refractivity contribution in [2.75, 3.05) is 6.26 Å². The molecule has 2 rings (SSSR count). The Morgan fingerprint density at radius 3 is 2.56 bits per heavy atom. The van der Waals surface area contributed by atoms with Crippen LogP contribution in [0.3, 0.4) is 0 Å². The number of ketones is 1. The van der Waals surface area contributed by atoms with Crippen LogP contribution in [0.15, 0.2) is 40.6 Å². The molecular formula is C13H12OS2. The highest BCUT2D eigenvalue weighted by atomic mass is 32.2. The zero-order valence-corrected chi connectivity index (χ0v) is 10.8. The summed E-state index contributed by atoms with van der Waals surface area (Å²) in [5.41, 5.74) is 1.63. The molecule has 0 fully saturated rings. The standard InChI is InChI=1S/C13H12OS2/c1-9-10(7-8-16-9)13(14)11-5-3-4-6-12(11)15-2/h3-8H,1-2H3. The van der Waals surface area contributed by atoms with E-state index in [1.807, 2.05) is 48.9 Å². The molecule has 0 spiro atoms. The van der Waals surface area contributed by atoms with Crippen LogP contribution in [0.5, 0.6) is 0 Å². The third-order valence-corrected chi connectivity index (χ3v) is 4.10. The summed E-state index contributed by atoms with van der Waals surface area (Å²) < 4.78 is 0. The van der Waals surface area contributed by atoms with Gasteiger partial charge in [0, 0.05) is 20.9 Å². The fourth-order valence-corrected chi connectivity index (χ4v) is 2.89. The largest absolute Gasteiger partial charge is 0.289 e. The molecule has 2 aromatic rings. The zero-order chi connectivity index (χ0) is 11.5. The average molecular weight is 248 g/mol. The second-order valence-corrected chi connectivity index (χ2v) is 5.39. The predicted octanol–water partition coefficient (Wildman–Crippen LogP) is 4.01. The first kappa shape index (κ1) is 11.4. The highest BCUT2D eigenvalue weighted by Crippen LogP contribution is 2.25. The molecule has 1 aromatic heterocycles. The molecule has 0 atom stereocenters. The van der Waals surface area contributed by atoms with Crippen molar-refractivity contribution in [3.05, 3.63) is 51.7 Å². The van der Waals surface area contributed by atoms with Gasteiger partial charge in [0.25, 0.3) is 0 Å². The molecule has 0 amide bonds. The summed E-state index contributed by atoms with van der Waals surface area (Å²) >= 11 is 3.22. The molecule has 16 heavy (non-hydrogen) atoms. The molecule has 0 saturated carbocycles. The van der Waals surface area contributed by atoms with E-state index in [0.717, 1.165) is 20.9 Å². The topological polar surface area (TPSA) is 17.1 Å². The summed E-state index contributed by atoms with van der Waals surface area (Å²) in [5.74, 6) is 0.128. The van der Waals surface area contributed by atoms with E-state index in [9.17, 15) is 4.79 Å². The van der Waals surface area contributed by atoms with E-state index in [2.05, 4.69) is 0 Å². The second-order valence-electron chi connectivity index (χ2n) is 3.42. The van der Waals surface area contributed by atoms with Gasteiger partial charge in [0.2, 0.25) is 0 Å². The maximum absolute atomic E-state index is 12.3. The monoisotopic (exact) mass is 248 g/mol. The van der Waals surface area contributed by atoms with Crippen LogP contribution in [-0.4, -0.2) is 12.0 Å². The van der Waals surface area contributed by atoms with Gasteiger partial charge < -0.3 is 0 Å². The minimum atomic E-state index is 0.128. The van der Waals surface area contributed by atoms with Crippen molar-refractivity contribution < 1.29 is 4.79 Å². The number of thiophene rings is 1. The maximum atomic E-state index is 12.3. The van der Waals surface area contributed by atoms with Crippen LogP contribution in [0.1, 0.15) is 20.8 Å². The average Bonchev–Trinajstić information content (AvgIpc) is 2.74. The molecule has 0 aliphatic heterocycles. The van der Waals surface area contributed by atoms with Crippen LogP contribution < -0.4 is 0 Å². The molecule has 0 saturated heterocycles. The van der Waals surface area contributed by atoms with Crippen LogP contribution >= 0.6 is 23.1 Å². The summed E-state index contributed by atoms with van der Waals surface area (Å²) in [5, 5.41) is 1.96. The summed E-state index contributed by atoms with van der Waals surface area (Å²) in [4.78, 5) is 14.4. The van der Waals surface area contributed by atoms with E-state index in [-0.39, 0.29) is 5.78 Å². The SMILES string of the molecule is CSc1ccccc1C(=O)c1ccsc1C. The molecule has 3 heteroatoms. The fourth-order valence-electron chi connectivity index (χ4n) is 1.60. The lowest BCUT2D eigenvalue weighted by atomic mass is 10.0. The number of benzene rings is 1. The molecule has 1 heterocycles. The van der Waals surface area contributed by atoms with Gasteiger partial charge in [-0.15, -0.1) is 23.1 Å². The molecule has 1 aromatic carbocycles. The van der Waals surface area contributed by atoms with E-state index in [1.54, 1.807) is 23.1 Å². The van der Waals surface area contributed by atoms with Crippen LogP contribution in [-0.2, 0) is 0 Å². The number of carbonyl (C=O) groups is 1. The summed E-state index contributed by atoms with van der Waals surface area (Å²) in [7, 11) is 0. The van der Waals surface area contributed by atoms with Crippen molar-refractivity contribution in [1.29, 1.82) is 0 Å². The number of thioether (sulfide) groups is 1. The molecule has 0 bridgehead atoms. The zero-order valence-electron chi connectivity index (χ0n) is 9.19. The van der Waals surface area contributed by atoms with Crippen molar-refractivity contribution in [1.82, 2.24) is 0 Å². The van der Waals surface area contributed by atoms with Crippen molar-refractivity contribution in [3.8, 4) is 0 Å². The molecule has 1 nitrogen and oxygen atoms in total. The molecule has 0 aliphatic carbocycles. The van der Waals surface area contributed by atoms with E-state index in [1.165, 1.54) is 0 Å². The van der Waals surface area contributed by atoms with Crippen molar-refractivity contribution >= 4 is 28.9 Å². The van der Waals surface area contributed by atoms with Crippen LogP contribution in [0, 0.1) is 6.92 Å². The first-order chi connectivity index (χ1) is 7.74. The Balaban J connectivity index is 2.46. The number of hydrogen-bond acceptors (Lipinski definition) is 3. The maximum Gasteiger partial charge on any atom is 0.195 e. The minimum Gasteiger partial charge on any atom is -0.289 e. The quantitative estimate of drug-likeness (QED) is 0.603. The minimum absolute atomic E-state index is 0.128. The van der Waals surface area contributed by atoms with Crippen molar-refractivity contribution in [3.63, 3.8) is 0 Å². The Morgan fingerprint density at radius 1 is 1.19 bits per heavy atom. The second kappa shape index (κ2) is 4.85. The normalized spacial score (nSPS) is 10.4. The van der Waals surface area contributed by atoms with E-state index < -0.39 is 0 Å². The molecule has 0 radical (unpaired) electrons. The lowest BCUT2D eigenvalue weighted by Gasteiger charge is -2.05. The van der Waals surface area contributed by atoms with Gasteiger partial charge in [0.1, 0.15) is 0 Å². The Kier molecular flexibility index (Phi) is 3.46. The van der Waals surface area contributed by atoms with Crippen LogP contribution in [0.2, 0.25) is 0 Å². The van der Waals surface area contributed by atoms with E-state index in [0.29, 0.717) is 0 Å². The highest BCUT2D eigenvalue weighted by molar-refractivity contribution is 7.98. The Morgan fingerprint density at radius 2 is 1.94 bits per heavy atom. The van der Waals surface area contributed by atoms with Gasteiger partial charge in [-0.25, -0.2) is 0 Å². The summed E-state index contributed by atoms with van der Waals surface area (Å²) in [6.07, 6.45) is 1.99. The highest BCUT2D eigenvalue weighted by Gasteiger charge is 2.15. The third-order valence-electron chi connectivity index (χ3n) is 2.46. The smallest absolute Gasteiger partial charge is 0.195 e. The van der Waals surface area contributed by atoms with Gasteiger partial charge >= 0.3 is 0 Å². The fraction of sp³-hybridized carbons (Fsp3) is 0.154. The van der Waals surface area contributed by atoms with Gasteiger partial charge in [0.05, 0.1) is 0 Å². The van der Waals surface area contributed by atoms with Crippen LogP contribution in [0.4, 0.5) is 0 Å². The molecular weight excluding hydrogens is 236 g/mol. The predicted molar refractivity (Wildman–Crippen MR) is 70.7 cm³/mol. The van der Waals surface area contributed by atoms with Gasteiger partial charge in [-0.3, -0.25) is 4.79 Å². The van der Waals surface area contributed by atoms with E-state index in [4.69, 9.17) is 0 Å². The lowest BCUT2D eigenvalue weighted by Crippen LogP contribution is -2.02. The van der Waals surface area contributed by atoms with Crippen LogP contribution in [0.25, 0.3) is 0 Å². The molecule has 0 unspecified atom stereocenters. The molecule has 82 valence electrons. The number of carbonyl (C=O) groups excluding carboxylic acids is 1. The van der Waals surface area contributed by atoms with Gasteiger partial charge in [-0.05, 0) is 36.8 Å². The van der Waals surface area contributed by atoms with Crippen molar-refractivity contribution in [2.45, 2.75) is 11.8 Å². The lowest BCUT2D eigenvalue weighted by molar-refractivity contribution is 0.103. The van der Waals surface area contributed by atoms with E-state index >= 15 is 0 Å². The first-order valence-electron chi connectivity index (χ1n) is 4.96. The number of hydrogen-bond donors (Lipinski definition) is 0. The Labute approximate surface area is 104 Å².